The highest BCUT2D eigenvalue weighted by Gasteiger charge is 2.24. The summed E-state index contributed by atoms with van der Waals surface area (Å²) in [7, 11) is 0. The summed E-state index contributed by atoms with van der Waals surface area (Å²) < 4.78 is 5.80. The van der Waals surface area contributed by atoms with Gasteiger partial charge < -0.3 is 9.84 Å². The van der Waals surface area contributed by atoms with Gasteiger partial charge in [0.15, 0.2) is 0 Å². The van der Waals surface area contributed by atoms with Crippen molar-refractivity contribution in [3.8, 4) is 5.75 Å². The predicted molar refractivity (Wildman–Crippen MR) is 82.6 cm³/mol. The minimum Gasteiger partial charge on any atom is -0.490 e. The third kappa shape index (κ3) is 2.96. The van der Waals surface area contributed by atoms with Crippen LogP contribution in [0.2, 0.25) is 0 Å². The Morgan fingerprint density at radius 3 is 2.33 bits per heavy atom. The van der Waals surface area contributed by atoms with Gasteiger partial charge in [0, 0.05) is 0 Å². The molecule has 2 fully saturated rings. The van der Waals surface area contributed by atoms with Crippen molar-refractivity contribution in [2.75, 3.05) is 0 Å². The van der Waals surface area contributed by atoms with Gasteiger partial charge in [0.25, 0.3) is 0 Å². The van der Waals surface area contributed by atoms with Gasteiger partial charge in [-0.1, -0.05) is 36.4 Å². The molecule has 2 aromatic carbocycles. The highest BCUT2D eigenvalue weighted by Crippen LogP contribution is 2.40. The maximum absolute atomic E-state index is 10.6. The topological polar surface area (TPSA) is 29.5 Å². The Morgan fingerprint density at radius 2 is 1.67 bits per heavy atom. The predicted octanol–water partition coefficient (Wildman–Crippen LogP) is 4.19. The summed E-state index contributed by atoms with van der Waals surface area (Å²) in [5.74, 6) is 1.62. The first-order chi connectivity index (χ1) is 10.3. The number of hydrogen-bond acceptors (Lipinski definition) is 2. The summed E-state index contributed by atoms with van der Waals surface area (Å²) in [6.45, 7) is 0. The molecule has 0 amide bonds. The zero-order valence-corrected chi connectivity index (χ0v) is 12.0. The van der Waals surface area contributed by atoms with Crippen LogP contribution in [0.4, 0.5) is 0 Å². The van der Waals surface area contributed by atoms with Crippen molar-refractivity contribution in [2.24, 2.45) is 0 Å². The van der Waals surface area contributed by atoms with Gasteiger partial charge in [0.1, 0.15) is 11.9 Å². The third-order valence-electron chi connectivity index (χ3n) is 4.30. The summed E-state index contributed by atoms with van der Waals surface area (Å²) in [5.41, 5.74) is 3.24. The fraction of sp³-hybridized carbons (Fsp3) is 0.368. The molecule has 0 radical (unpaired) electrons. The molecule has 0 aliphatic heterocycles. The maximum atomic E-state index is 10.6. The van der Waals surface area contributed by atoms with Gasteiger partial charge in [-0.05, 0) is 60.4 Å². The van der Waals surface area contributed by atoms with Gasteiger partial charge in [-0.2, -0.15) is 0 Å². The van der Waals surface area contributed by atoms with Gasteiger partial charge in [-0.15, -0.1) is 0 Å². The van der Waals surface area contributed by atoms with E-state index in [1.54, 1.807) is 0 Å². The first-order valence-corrected chi connectivity index (χ1v) is 7.84. The Bertz CT molecular complexity index is 624. The Balaban J connectivity index is 1.53. The SMILES string of the molecule is OC(c1ccc(C2CC2)cc1)c1cccc(OC2CC2)c1. The van der Waals surface area contributed by atoms with Crippen LogP contribution in [-0.4, -0.2) is 11.2 Å². The molecule has 0 saturated heterocycles. The van der Waals surface area contributed by atoms with E-state index in [0.29, 0.717) is 6.10 Å². The highest BCUT2D eigenvalue weighted by molar-refractivity contribution is 5.37. The molecule has 1 N–H and O–H groups in total. The van der Waals surface area contributed by atoms with Gasteiger partial charge in [-0.25, -0.2) is 0 Å². The second-order valence-electron chi connectivity index (χ2n) is 6.23. The Kier molecular flexibility index (Phi) is 3.19. The second-order valence-corrected chi connectivity index (χ2v) is 6.23. The number of benzene rings is 2. The average Bonchev–Trinajstić information content (AvgIpc) is 3.40. The van der Waals surface area contributed by atoms with Gasteiger partial charge in [0.2, 0.25) is 0 Å². The number of rotatable bonds is 5. The number of aliphatic hydroxyl groups is 1. The molecule has 2 nitrogen and oxygen atoms in total. The summed E-state index contributed by atoms with van der Waals surface area (Å²) in [6.07, 6.45) is 4.71. The molecule has 0 spiro atoms. The monoisotopic (exact) mass is 280 g/mol. The van der Waals surface area contributed by atoms with Crippen molar-refractivity contribution in [1.29, 1.82) is 0 Å². The summed E-state index contributed by atoms with van der Waals surface area (Å²) >= 11 is 0. The van der Waals surface area contributed by atoms with E-state index in [1.807, 2.05) is 36.4 Å². The van der Waals surface area contributed by atoms with E-state index in [1.165, 1.54) is 18.4 Å². The molecule has 4 rings (SSSR count). The van der Waals surface area contributed by atoms with E-state index in [-0.39, 0.29) is 0 Å². The van der Waals surface area contributed by atoms with E-state index in [0.717, 1.165) is 35.6 Å². The molecule has 2 saturated carbocycles. The summed E-state index contributed by atoms with van der Waals surface area (Å²) in [4.78, 5) is 0. The van der Waals surface area contributed by atoms with Crippen LogP contribution < -0.4 is 4.74 Å². The standard InChI is InChI=1S/C19H20O2/c20-19(15-8-6-14(7-9-15)13-4-5-13)16-2-1-3-18(12-16)21-17-10-11-17/h1-3,6-9,12-13,17,19-20H,4-5,10-11H2. The zero-order valence-electron chi connectivity index (χ0n) is 12.0. The zero-order chi connectivity index (χ0) is 14.2. The molecule has 1 atom stereocenters. The molecular weight excluding hydrogens is 260 g/mol. The average molecular weight is 280 g/mol. The van der Waals surface area contributed by atoms with Crippen LogP contribution in [0, 0.1) is 0 Å². The molecule has 0 bridgehead atoms. The minimum atomic E-state index is -0.582. The van der Waals surface area contributed by atoms with Gasteiger partial charge >= 0.3 is 0 Å². The number of aliphatic hydroxyl groups excluding tert-OH is 1. The van der Waals surface area contributed by atoms with Crippen LogP contribution in [0.5, 0.6) is 5.75 Å². The first-order valence-electron chi connectivity index (χ1n) is 7.84. The van der Waals surface area contributed by atoms with E-state index in [2.05, 4.69) is 12.1 Å². The van der Waals surface area contributed by atoms with Crippen molar-refractivity contribution >= 4 is 0 Å². The van der Waals surface area contributed by atoms with Crippen LogP contribution in [0.1, 0.15) is 54.4 Å². The van der Waals surface area contributed by atoms with E-state index in [9.17, 15) is 5.11 Å². The molecule has 2 aliphatic carbocycles. The quantitative estimate of drug-likeness (QED) is 0.890. The third-order valence-corrected chi connectivity index (χ3v) is 4.30. The molecule has 1 unspecified atom stereocenters. The lowest BCUT2D eigenvalue weighted by molar-refractivity contribution is 0.219. The van der Waals surface area contributed by atoms with Crippen molar-refractivity contribution in [3.63, 3.8) is 0 Å². The van der Waals surface area contributed by atoms with Crippen molar-refractivity contribution in [1.82, 2.24) is 0 Å². The van der Waals surface area contributed by atoms with Gasteiger partial charge in [0.05, 0.1) is 6.10 Å². The van der Waals surface area contributed by atoms with Crippen LogP contribution in [0.15, 0.2) is 48.5 Å². The van der Waals surface area contributed by atoms with E-state index < -0.39 is 6.10 Å². The molecule has 108 valence electrons. The normalized spacial score (nSPS) is 19.3. The minimum absolute atomic E-state index is 0.384. The first kappa shape index (κ1) is 12.9. The molecule has 0 heterocycles. The summed E-state index contributed by atoms with van der Waals surface area (Å²) in [5, 5.41) is 10.6. The summed E-state index contributed by atoms with van der Waals surface area (Å²) in [6, 6.07) is 16.2. The fourth-order valence-corrected chi connectivity index (χ4v) is 2.70. The van der Waals surface area contributed by atoms with Crippen LogP contribution in [-0.2, 0) is 0 Å². The largest absolute Gasteiger partial charge is 0.490 e. The number of ether oxygens (including phenoxy) is 1. The molecule has 21 heavy (non-hydrogen) atoms. The smallest absolute Gasteiger partial charge is 0.120 e. The van der Waals surface area contributed by atoms with E-state index in [4.69, 9.17) is 4.74 Å². The second kappa shape index (κ2) is 5.19. The van der Waals surface area contributed by atoms with E-state index >= 15 is 0 Å². The molecule has 2 aliphatic rings. The lowest BCUT2D eigenvalue weighted by Gasteiger charge is -2.14. The van der Waals surface area contributed by atoms with Gasteiger partial charge in [-0.3, -0.25) is 0 Å². The lowest BCUT2D eigenvalue weighted by atomic mass is 9.99. The van der Waals surface area contributed by atoms with Crippen molar-refractivity contribution in [2.45, 2.75) is 43.8 Å². The Labute approximate surface area is 125 Å². The fourth-order valence-electron chi connectivity index (χ4n) is 2.70. The molecular formula is C19H20O2. The van der Waals surface area contributed by atoms with Crippen LogP contribution in [0.25, 0.3) is 0 Å². The van der Waals surface area contributed by atoms with Crippen LogP contribution in [0.3, 0.4) is 0 Å². The lowest BCUT2D eigenvalue weighted by Crippen LogP contribution is -2.01. The number of hydrogen-bond donors (Lipinski definition) is 1. The van der Waals surface area contributed by atoms with Crippen molar-refractivity contribution in [3.05, 3.63) is 65.2 Å². The molecule has 2 heteroatoms. The Morgan fingerprint density at radius 1 is 0.905 bits per heavy atom. The molecule has 2 aromatic rings. The maximum Gasteiger partial charge on any atom is 0.120 e. The van der Waals surface area contributed by atoms with Crippen LogP contribution >= 0.6 is 0 Å². The Hall–Kier alpha value is -1.80. The highest BCUT2D eigenvalue weighted by atomic mass is 16.5. The molecule has 0 aromatic heterocycles. The van der Waals surface area contributed by atoms with Crippen molar-refractivity contribution < 1.29 is 9.84 Å².